The Bertz CT molecular complexity index is 468. The first-order valence-electron chi connectivity index (χ1n) is 6.25. The smallest absolute Gasteiger partial charge is 0.132 e. The van der Waals surface area contributed by atoms with E-state index in [1.807, 2.05) is 60.7 Å². The molecule has 2 rings (SSSR count). The highest BCUT2D eigenvalue weighted by atomic mass is 35.5. The molecule has 0 fully saturated rings. The van der Waals surface area contributed by atoms with Crippen LogP contribution in [0.15, 0.2) is 73.3 Å². The SMILES string of the molecule is C=CCOC(CCl)(c1ccccc1)c1ccccc1. The summed E-state index contributed by atoms with van der Waals surface area (Å²) in [7, 11) is 0. The minimum atomic E-state index is -0.627. The third kappa shape index (κ3) is 2.89. The summed E-state index contributed by atoms with van der Waals surface area (Å²) in [6.45, 7) is 4.17. The molecule has 0 atom stereocenters. The third-order valence-corrected chi connectivity index (χ3v) is 3.49. The van der Waals surface area contributed by atoms with Gasteiger partial charge in [0.25, 0.3) is 0 Å². The van der Waals surface area contributed by atoms with E-state index in [-0.39, 0.29) is 0 Å². The van der Waals surface area contributed by atoms with Crippen molar-refractivity contribution in [2.45, 2.75) is 5.60 Å². The van der Waals surface area contributed by atoms with Gasteiger partial charge in [-0.1, -0.05) is 66.7 Å². The highest BCUT2D eigenvalue weighted by Crippen LogP contribution is 2.34. The minimum absolute atomic E-state index is 0.356. The fourth-order valence-corrected chi connectivity index (χ4v) is 2.53. The van der Waals surface area contributed by atoms with Crippen molar-refractivity contribution < 1.29 is 4.74 Å². The van der Waals surface area contributed by atoms with E-state index < -0.39 is 5.60 Å². The molecular formula is C17H17ClO. The van der Waals surface area contributed by atoms with Gasteiger partial charge in [-0.15, -0.1) is 18.2 Å². The lowest BCUT2D eigenvalue weighted by atomic mass is 9.87. The molecule has 0 aliphatic carbocycles. The van der Waals surface area contributed by atoms with Crippen LogP contribution in [-0.2, 0) is 10.3 Å². The molecule has 0 aromatic heterocycles. The average Bonchev–Trinajstić information content (AvgIpc) is 2.51. The maximum Gasteiger partial charge on any atom is 0.132 e. The van der Waals surface area contributed by atoms with Crippen molar-refractivity contribution in [2.24, 2.45) is 0 Å². The van der Waals surface area contributed by atoms with Crippen LogP contribution in [0.2, 0.25) is 0 Å². The van der Waals surface area contributed by atoms with E-state index in [9.17, 15) is 0 Å². The van der Waals surface area contributed by atoms with Crippen molar-refractivity contribution in [1.82, 2.24) is 0 Å². The van der Waals surface area contributed by atoms with Gasteiger partial charge >= 0.3 is 0 Å². The molecule has 0 aliphatic heterocycles. The second-order valence-electron chi connectivity index (χ2n) is 4.29. The maximum atomic E-state index is 6.27. The number of alkyl halides is 1. The Kier molecular flexibility index (Phi) is 4.78. The lowest BCUT2D eigenvalue weighted by Gasteiger charge is -2.33. The normalized spacial score (nSPS) is 11.2. The van der Waals surface area contributed by atoms with Crippen LogP contribution in [0.4, 0.5) is 0 Å². The van der Waals surface area contributed by atoms with Crippen molar-refractivity contribution in [3.8, 4) is 0 Å². The number of halogens is 1. The Morgan fingerprint density at radius 3 is 1.79 bits per heavy atom. The highest BCUT2D eigenvalue weighted by Gasteiger charge is 2.34. The van der Waals surface area contributed by atoms with Gasteiger partial charge in [-0.25, -0.2) is 0 Å². The molecule has 2 aromatic carbocycles. The molecule has 19 heavy (non-hydrogen) atoms. The zero-order chi connectivity index (χ0) is 13.6. The summed E-state index contributed by atoms with van der Waals surface area (Å²) < 4.78 is 6.05. The fourth-order valence-electron chi connectivity index (χ4n) is 2.14. The Balaban J connectivity index is 2.51. The summed E-state index contributed by atoms with van der Waals surface area (Å²) in [6, 6.07) is 20.1. The molecule has 1 nitrogen and oxygen atoms in total. The topological polar surface area (TPSA) is 9.23 Å². The first-order chi connectivity index (χ1) is 9.33. The Morgan fingerprint density at radius 2 is 1.42 bits per heavy atom. The van der Waals surface area contributed by atoms with Gasteiger partial charge in [0.1, 0.15) is 5.60 Å². The molecule has 0 heterocycles. The van der Waals surface area contributed by atoms with Crippen LogP contribution in [0.3, 0.4) is 0 Å². The molecule has 0 unspecified atom stereocenters. The molecule has 0 bridgehead atoms. The lowest BCUT2D eigenvalue weighted by molar-refractivity contribution is 0.0170. The molecule has 0 amide bonds. The summed E-state index contributed by atoms with van der Waals surface area (Å²) in [4.78, 5) is 0. The van der Waals surface area contributed by atoms with E-state index in [1.54, 1.807) is 6.08 Å². The van der Waals surface area contributed by atoms with Crippen LogP contribution in [-0.4, -0.2) is 12.5 Å². The molecule has 98 valence electrons. The molecule has 0 aliphatic rings. The quantitative estimate of drug-likeness (QED) is 0.560. The van der Waals surface area contributed by atoms with Crippen molar-refractivity contribution in [3.63, 3.8) is 0 Å². The van der Waals surface area contributed by atoms with E-state index in [0.717, 1.165) is 11.1 Å². The second-order valence-corrected chi connectivity index (χ2v) is 4.56. The van der Waals surface area contributed by atoms with E-state index in [2.05, 4.69) is 6.58 Å². The number of hydrogen-bond acceptors (Lipinski definition) is 1. The van der Waals surface area contributed by atoms with Crippen molar-refractivity contribution in [1.29, 1.82) is 0 Å². The van der Waals surface area contributed by atoms with Gasteiger partial charge in [0.2, 0.25) is 0 Å². The van der Waals surface area contributed by atoms with Crippen LogP contribution < -0.4 is 0 Å². The first kappa shape index (κ1) is 13.9. The Labute approximate surface area is 119 Å². The summed E-state index contributed by atoms with van der Waals surface area (Å²) in [5.41, 5.74) is 1.48. The molecule has 0 N–H and O–H groups in total. The monoisotopic (exact) mass is 272 g/mol. The van der Waals surface area contributed by atoms with Crippen molar-refractivity contribution in [2.75, 3.05) is 12.5 Å². The van der Waals surface area contributed by atoms with E-state index in [0.29, 0.717) is 12.5 Å². The lowest BCUT2D eigenvalue weighted by Crippen LogP contribution is -2.33. The zero-order valence-corrected chi connectivity index (χ0v) is 11.5. The molecule has 0 spiro atoms. The summed E-state index contributed by atoms with van der Waals surface area (Å²) in [5, 5.41) is 0. The van der Waals surface area contributed by atoms with Crippen LogP contribution in [0, 0.1) is 0 Å². The molecule has 2 heteroatoms. The predicted octanol–water partition coefficient (Wildman–Crippen LogP) is 4.37. The number of ether oxygens (including phenoxy) is 1. The number of hydrogen-bond donors (Lipinski definition) is 0. The summed E-state index contributed by atoms with van der Waals surface area (Å²) >= 11 is 6.27. The second kappa shape index (κ2) is 6.55. The molecular weight excluding hydrogens is 256 g/mol. The highest BCUT2D eigenvalue weighted by molar-refractivity contribution is 6.18. The van der Waals surface area contributed by atoms with Gasteiger partial charge in [-0.2, -0.15) is 0 Å². The van der Waals surface area contributed by atoms with Crippen LogP contribution >= 0.6 is 11.6 Å². The fraction of sp³-hybridized carbons (Fsp3) is 0.176. The minimum Gasteiger partial charge on any atom is -0.360 e. The first-order valence-corrected chi connectivity index (χ1v) is 6.79. The standard InChI is InChI=1S/C17H17ClO/c1-2-13-19-17(14-18,15-9-5-3-6-10-15)16-11-7-4-8-12-16/h2-12H,1,13-14H2. The van der Waals surface area contributed by atoms with Gasteiger partial charge in [0.15, 0.2) is 0 Å². The molecule has 0 radical (unpaired) electrons. The van der Waals surface area contributed by atoms with Crippen LogP contribution in [0.5, 0.6) is 0 Å². The number of rotatable bonds is 6. The molecule has 0 saturated heterocycles. The van der Waals surface area contributed by atoms with Crippen molar-refractivity contribution in [3.05, 3.63) is 84.4 Å². The van der Waals surface area contributed by atoms with Gasteiger partial charge in [0, 0.05) is 0 Å². The Morgan fingerprint density at radius 1 is 0.947 bits per heavy atom. The largest absolute Gasteiger partial charge is 0.360 e. The van der Waals surface area contributed by atoms with E-state index >= 15 is 0 Å². The Hall–Kier alpha value is -1.57. The predicted molar refractivity (Wildman–Crippen MR) is 80.5 cm³/mol. The van der Waals surface area contributed by atoms with Gasteiger partial charge in [-0.3, -0.25) is 0 Å². The average molecular weight is 273 g/mol. The molecule has 0 saturated carbocycles. The van der Waals surface area contributed by atoms with Crippen LogP contribution in [0.25, 0.3) is 0 Å². The van der Waals surface area contributed by atoms with E-state index in [1.165, 1.54) is 0 Å². The van der Waals surface area contributed by atoms with Gasteiger partial charge in [-0.05, 0) is 11.1 Å². The van der Waals surface area contributed by atoms with Gasteiger partial charge < -0.3 is 4.74 Å². The maximum absolute atomic E-state index is 6.27. The summed E-state index contributed by atoms with van der Waals surface area (Å²) in [5.74, 6) is 0.356. The number of benzene rings is 2. The summed E-state index contributed by atoms with van der Waals surface area (Å²) in [6.07, 6.45) is 1.74. The molecule has 2 aromatic rings. The van der Waals surface area contributed by atoms with Crippen molar-refractivity contribution >= 4 is 11.6 Å². The van der Waals surface area contributed by atoms with E-state index in [4.69, 9.17) is 16.3 Å². The van der Waals surface area contributed by atoms with Gasteiger partial charge in [0.05, 0.1) is 12.5 Å². The third-order valence-electron chi connectivity index (χ3n) is 3.12. The van der Waals surface area contributed by atoms with Crippen LogP contribution in [0.1, 0.15) is 11.1 Å². The zero-order valence-electron chi connectivity index (χ0n) is 10.8.